The number of nitrogens with zero attached hydrogens (tertiary/aromatic N) is 1. The van der Waals surface area contributed by atoms with Gasteiger partial charge in [-0.25, -0.2) is 4.79 Å². The molecule has 1 N–H and O–H groups in total. The molecule has 4 nitrogen and oxygen atoms in total. The maximum Gasteiger partial charge on any atom is 0.340 e. The first-order valence-corrected chi connectivity index (χ1v) is 5.99. The van der Waals surface area contributed by atoms with Gasteiger partial charge in [0.15, 0.2) is 0 Å². The molecule has 0 aliphatic rings. The van der Waals surface area contributed by atoms with Crippen molar-refractivity contribution in [2.24, 2.45) is 0 Å². The number of pyridine rings is 1. The third-order valence-corrected chi connectivity index (χ3v) is 2.96. The van der Waals surface area contributed by atoms with E-state index in [-0.39, 0.29) is 11.3 Å². The van der Waals surface area contributed by atoms with E-state index in [1.54, 1.807) is 36.5 Å². The lowest BCUT2D eigenvalue weighted by Crippen LogP contribution is -2.01. The minimum atomic E-state index is -1.04. The summed E-state index contributed by atoms with van der Waals surface area (Å²) in [5, 5.41) is 9.14. The van der Waals surface area contributed by atoms with Crippen LogP contribution in [0.4, 0.5) is 0 Å². The molecule has 0 atom stereocenters. The Balaban J connectivity index is 2.37. The second-order valence-corrected chi connectivity index (χ2v) is 4.51. The second kappa shape index (κ2) is 5.18. The van der Waals surface area contributed by atoms with Gasteiger partial charge in [0.1, 0.15) is 17.1 Å². The first-order valence-electron chi connectivity index (χ1n) is 5.20. The first-order chi connectivity index (χ1) is 8.58. The number of rotatable bonds is 3. The number of aromatic nitrogens is 1. The van der Waals surface area contributed by atoms with Crippen molar-refractivity contribution in [3.63, 3.8) is 0 Å². The van der Waals surface area contributed by atoms with Gasteiger partial charge in [-0.1, -0.05) is 6.07 Å². The number of carboxylic acids is 1. The normalized spacial score (nSPS) is 10.1. The summed E-state index contributed by atoms with van der Waals surface area (Å²) in [6, 6.07) is 8.52. The van der Waals surface area contributed by atoms with Crippen LogP contribution in [0.1, 0.15) is 16.1 Å². The number of hydrogen-bond acceptors (Lipinski definition) is 3. The van der Waals surface area contributed by atoms with Gasteiger partial charge in [0.05, 0.1) is 6.20 Å². The molecule has 0 bridgehead atoms. The summed E-state index contributed by atoms with van der Waals surface area (Å²) in [5.41, 5.74) is 0.966. The van der Waals surface area contributed by atoms with E-state index in [1.165, 1.54) is 0 Å². The van der Waals surface area contributed by atoms with Crippen LogP contribution in [0.5, 0.6) is 11.5 Å². The molecule has 92 valence electrons. The van der Waals surface area contributed by atoms with Crippen molar-refractivity contribution in [2.45, 2.75) is 6.92 Å². The minimum Gasteiger partial charge on any atom is -0.478 e. The second-order valence-electron chi connectivity index (χ2n) is 3.66. The summed E-state index contributed by atoms with van der Waals surface area (Å²) in [5.74, 6) is -0.263. The van der Waals surface area contributed by atoms with Gasteiger partial charge in [0.25, 0.3) is 0 Å². The zero-order chi connectivity index (χ0) is 13.1. The molecule has 1 heterocycles. The van der Waals surface area contributed by atoms with Crippen LogP contribution in [0, 0.1) is 6.92 Å². The Kier molecular flexibility index (Phi) is 3.62. The van der Waals surface area contributed by atoms with Crippen LogP contribution in [-0.2, 0) is 0 Å². The lowest BCUT2D eigenvalue weighted by atomic mass is 10.2. The van der Waals surface area contributed by atoms with Gasteiger partial charge in [-0.3, -0.25) is 4.98 Å². The van der Waals surface area contributed by atoms with Crippen molar-refractivity contribution < 1.29 is 14.6 Å². The Morgan fingerprint density at radius 3 is 2.72 bits per heavy atom. The number of carbonyl (C=O) groups is 1. The van der Waals surface area contributed by atoms with Crippen molar-refractivity contribution in [3.8, 4) is 11.5 Å². The number of benzene rings is 1. The summed E-state index contributed by atoms with van der Waals surface area (Å²) in [6.45, 7) is 1.87. The Morgan fingerprint density at radius 2 is 2.11 bits per heavy atom. The molecule has 0 unspecified atom stereocenters. The summed E-state index contributed by atoms with van der Waals surface area (Å²) < 4.78 is 6.01. The van der Waals surface area contributed by atoms with Gasteiger partial charge < -0.3 is 9.84 Å². The first kappa shape index (κ1) is 12.6. The number of aryl methyl sites for hydroxylation is 1. The fourth-order valence-corrected chi connectivity index (χ4v) is 1.96. The molecule has 0 spiro atoms. The summed E-state index contributed by atoms with van der Waals surface area (Å²) in [4.78, 5) is 15.2. The maximum atomic E-state index is 11.2. The molecule has 0 fully saturated rings. The van der Waals surface area contributed by atoms with Gasteiger partial charge in [-0.15, -0.1) is 0 Å². The van der Waals surface area contributed by atoms with Crippen molar-refractivity contribution in [1.29, 1.82) is 0 Å². The molecule has 2 aromatic rings. The molecule has 2 rings (SSSR count). The van der Waals surface area contributed by atoms with E-state index in [0.717, 1.165) is 5.69 Å². The molecule has 5 heteroatoms. The molecule has 0 saturated heterocycles. The highest BCUT2D eigenvalue weighted by atomic mass is 79.9. The van der Waals surface area contributed by atoms with E-state index >= 15 is 0 Å². The van der Waals surface area contributed by atoms with Gasteiger partial charge in [0, 0.05) is 10.2 Å². The molecule has 0 saturated carbocycles. The summed E-state index contributed by atoms with van der Waals surface area (Å²) in [6.07, 6.45) is 1.56. The average Bonchev–Trinajstić information content (AvgIpc) is 2.32. The Labute approximate surface area is 112 Å². The summed E-state index contributed by atoms with van der Waals surface area (Å²) in [7, 11) is 0. The van der Waals surface area contributed by atoms with Gasteiger partial charge in [-0.05, 0) is 47.1 Å². The van der Waals surface area contributed by atoms with Crippen molar-refractivity contribution in [3.05, 3.63) is 52.3 Å². The Hall–Kier alpha value is -1.88. The fraction of sp³-hybridized carbons (Fsp3) is 0.0769. The van der Waals surface area contributed by atoms with Crippen LogP contribution in [0.2, 0.25) is 0 Å². The van der Waals surface area contributed by atoms with Crippen LogP contribution >= 0.6 is 15.9 Å². The topological polar surface area (TPSA) is 59.4 Å². The SMILES string of the molecule is Cc1ccc(Oc2cccc(Br)c2C(=O)O)cn1. The van der Waals surface area contributed by atoms with E-state index in [9.17, 15) is 4.79 Å². The quantitative estimate of drug-likeness (QED) is 0.940. The van der Waals surface area contributed by atoms with E-state index < -0.39 is 5.97 Å². The van der Waals surface area contributed by atoms with Crippen molar-refractivity contribution >= 4 is 21.9 Å². The monoisotopic (exact) mass is 307 g/mol. The number of halogens is 1. The van der Waals surface area contributed by atoms with Crippen LogP contribution in [0.25, 0.3) is 0 Å². The van der Waals surface area contributed by atoms with Gasteiger partial charge in [0.2, 0.25) is 0 Å². The molecule has 0 aliphatic heterocycles. The molecule has 0 aliphatic carbocycles. The van der Waals surface area contributed by atoms with E-state index in [1.807, 2.05) is 6.92 Å². The number of carboxylic acid groups (broad SMARTS) is 1. The third-order valence-electron chi connectivity index (χ3n) is 2.30. The molecule has 0 radical (unpaired) electrons. The number of hydrogen-bond donors (Lipinski definition) is 1. The molecule has 1 aromatic carbocycles. The highest BCUT2D eigenvalue weighted by Gasteiger charge is 2.15. The molecule has 0 amide bonds. The van der Waals surface area contributed by atoms with Crippen LogP contribution < -0.4 is 4.74 Å². The molecular formula is C13H10BrNO3. The zero-order valence-corrected chi connectivity index (χ0v) is 11.1. The maximum absolute atomic E-state index is 11.2. The summed E-state index contributed by atoms with van der Waals surface area (Å²) >= 11 is 3.20. The van der Waals surface area contributed by atoms with Gasteiger partial charge >= 0.3 is 5.97 Å². The van der Waals surface area contributed by atoms with Crippen molar-refractivity contribution in [2.75, 3.05) is 0 Å². The van der Waals surface area contributed by atoms with Crippen LogP contribution in [0.15, 0.2) is 41.0 Å². The predicted octanol–water partition coefficient (Wildman–Crippen LogP) is 3.64. The Morgan fingerprint density at radius 1 is 1.33 bits per heavy atom. The third kappa shape index (κ3) is 2.68. The molecule has 1 aromatic heterocycles. The van der Waals surface area contributed by atoms with E-state index in [2.05, 4.69) is 20.9 Å². The van der Waals surface area contributed by atoms with E-state index in [0.29, 0.717) is 10.2 Å². The predicted molar refractivity (Wildman–Crippen MR) is 70.1 cm³/mol. The number of aromatic carboxylic acids is 1. The lowest BCUT2D eigenvalue weighted by molar-refractivity contribution is 0.0693. The fourth-order valence-electron chi connectivity index (χ4n) is 1.44. The van der Waals surface area contributed by atoms with Crippen LogP contribution in [-0.4, -0.2) is 16.1 Å². The zero-order valence-electron chi connectivity index (χ0n) is 9.55. The van der Waals surface area contributed by atoms with Crippen LogP contribution in [0.3, 0.4) is 0 Å². The smallest absolute Gasteiger partial charge is 0.340 e. The minimum absolute atomic E-state index is 0.0954. The average molecular weight is 308 g/mol. The Bertz CT molecular complexity index is 581. The largest absolute Gasteiger partial charge is 0.478 e. The van der Waals surface area contributed by atoms with E-state index in [4.69, 9.17) is 9.84 Å². The van der Waals surface area contributed by atoms with Crippen molar-refractivity contribution in [1.82, 2.24) is 4.98 Å². The highest BCUT2D eigenvalue weighted by molar-refractivity contribution is 9.10. The standard InChI is InChI=1S/C13H10BrNO3/c1-8-5-6-9(7-15-8)18-11-4-2-3-10(14)12(11)13(16)17/h2-7H,1H3,(H,16,17). The molecule has 18 heavy (non-hydrogen) atoms. The lowest BCUT2D eigenvalue weighted by Gasteiger charge is -2.09. The highest BCUT2D eigenvalue weighted by Crippen LogP contribution is 2.30. The molecular weight excluding hydrogens is 298 g/mol. The van der Waals surface area contributed by atoms with Gasteiger partial charge in [-0.2, -0.15) is 0 Å². The number of ether oxygens (including phenoxy) is 1.